The molecule has 140 valence electrons. The van der Waals surface area contributed by atoms with Crippen LogP contribution in [0, 0.1) is 18.3 Å². The quantitative estimate of drug-likeness (QED) is 0.685. The van der Waals surface area contributed by atoms with E-state index in [1.165, 1.54) is 17.2 Å². The number of nitriles is 1. The Bertz CT molecular complexity index is 888. The van der Waals surface area contributed by atoms with Crippen LogP contribution in [0.15, 0.2) is 53.4 Å². The van der Waals surface area contributed by atoms with E-state index in [0.29, 0.717) is 10.6 Å². The first-order valence-corrected chi connectivity index (χ1v) is 9.83. The largest absolute Gasteiger partial charge is 0.452 e. The van der Waals surface area contributed by atoms with Crippen molar-refractivity contribution in [1.29, 1.82) is 5.26 Å². The zero-order valence-electron chi connectivity index (χ0n) is 15.2. The van der Waals surface area contributed by atoms with E-state index in [1.54, 1.807) is 30.3 Å². The molecule has 0 spiro atoms. The van der Waals surface area contributed by atoms with Gasteiger partial charge in [0.05, 0.1) is 33.7 Å². The van der Waals surface area contributed by atoms with Crippen LogP contribution in [0.3, 0.4) is 0 Å². The first kappa shape index (κ1) is 20.3. The Kier molecular flexibility index (Phi) is 7.26. The number of hydrogen-bond acceptors (Lipinski definition) is 5. The Hall–Kier alpha value is -2.98. The number of rotatable bonds is 7. The maximum absolute atomic E-state index is 12.6. The lowest BCUT2D eigenvalue weighted by atomic mass is 10.2. The number of nitrogens with zero attached hydrogens (tertiary/aromatic N) is 2. The predicted molar refractivity (Wildman–Crippen MR) is 103 cm³/mol. The van der Waals surface area contributed by atoms with E-state index >= 15 is 0 Å². The van der Waals surface area contributed by atoms with Crippen LogP contribution >= 0.6 is 0 Å². The third-order valence-corrected chi connectivity index (χ3v) is 4.81. The number of benzene rings is 2. The molecule has 0 heterocycles. The van der Waals surface area contributed by atoms with Crippen molar-refractivity contribution in [2.24, 2.45) is 0 Å². The first-order chi connectivity index (χ1) is 12.9. The highest BCUT2D eigenvalue weighted by Gasteiger charge is 2.20. The molecule has 0 N–H and O–H groups in total. The molecule has 2 aromatic rings. The minimum Gasteiger partial charge on any atom is -0.452 e. The maximum Gasteiger partial charge on any atom is 0.339 e. The molecular formula is C20H20N2O4S. The summed E-state index contributed by atoms with van der Waals surface area (Å²) in [5.41, 5.74) is 1.85. The molecular weight excluding hydrogens is 364 g/mol. The molecule has 0 unspecified atom stereocenters. The lowest BCUT2D eigenvalue weighted by Crippen LogP contribution is -2.35. The van der Waals surface area contributed by atoms with Crippen LogP contribution < -0.4 is 4.90 Å². The average molecular weight is 384 g/mol. The molecule has 0 fully saturated rings. The zero-order valence-corrected chi connectivity index (χ0v) is 16.0. The van der Waals surface area contributed by atoms with Gasteiger partial charge in [-0.25, -0.2) is 4.79 Å². The van der Waals surface area contributed by atoms with Crippen LogP contribution in [-0.4, -0.2) is 35.5 Å². The van der Waals surface area contributed by atoms with Gasteiger partial charge in [-0.15, -0.1) is 0 Å². The standard InChI is InChI=1S/C20H20N2O4S/c1-15-8-10-16(11-9-15)22(13-5-12-21)19(23)14-26-20(24)17-6-3-4-7-18(17)27(2)25/h3-4,6-11H,5,13-14H2,1-2H3/t27-/m1/s1. The Balaban J connectivity index is 2.11. The molecule has 0 saturated heterocycles. The normalized spacial score (nSPS) is 11.3. The Morgan fingerprint density at radius 2 is 1.81 bits per heavy atom. The summed E-state index contributed by atoms with van der Waals surface area (Å²) in [4.78, 5) is 26.7. The number of carbonyl (C=O) groups excluding carboxylic acids is 2. The van der Waals surface area contributed by atoms with Gasteiger partial charge < -0.3 is 9.64 Å². The minimum atomic E-state index is -1.35. The van der Waals surface area contributed by atoms with Gasteiger partial charge in [0.15, 0.2) is 6.61 Å². The van der Waals surface area contributed by atoms with Gasteiger partial charge in [0.25, 0.3) is 5.91 Å². The van der Waals surface area contributed by atoms with E-state index in [0.717, 1.165) is 5.56 Å². The Labute approximate surface area is 160 Å². The topological polar surface area (TPSA) is 87.5 Å². The number of amides is 1. The summed E-state index contributed by atoms with van der Waals surface area (Å²) >= 11 is 0. The molecule has 0 aliphatic heterocycles. The maximum atomic E-state index is 12.6. The minimum absolute atomic E-state index is 0.158. The molecule has 1 atom stereocenters. The molecule has 0 aromatic heterocycles. The lowest BCUT2D eigenvalue weighted by Gasteiger charge is -2.22. The zero-order chi connectivity index (χ0) is 19.8. The molecule has 2 rings (SSSR count). The fourth-order valence-electron chi connectivity index (χ4n) is 2.45. The number of carbonyl (C=O) groups is 2. The number of aryl methyl sites for hydroxylation is 1. The van der Waals surface area contributed by atoms with Crippen molar-refractivity contribution in [2.75, 3.05) is 24.3 Å². The monoisotopic (exact) mass is 384 g/mol. The van der Waals surface area contributed by atoms with Gasteiger partial charge in [0.2, 0.25) is 0 Å². The van der Waals surface area contributed by atoms with E-state index in [-0.39, 0.29) is 18.5 Å². The SMILES string of the molecule is Cc1ccc(N(CCC#N)C(=O)COC(=O)c2ccccc2[S@@](C)=O)cc1. The summed E-state index contributed by atoms with van der Waals surface area (Å²) < 4.78 is 16.9. The summed E-state index contributed by atoms with van der Waals surface area (Å²) in [6.07, 6.45) is 1.63. The van der Waals surface area contributed by atoms with Crippen LogP contribution in [0.4, 0.5) is 5.69 Å². The van der Waals surface area contributed by atoms with Crippen molar-refractivity contribution >= 4 is 28.4 Å². The first-order valence-electron chi connectivity index (χ1n) is 8.27. The van der Waals surface area contributed by atoms with Gasteiger partial charge in [-0.05, 0) is 31.2 Å². The highest BCUT2D eigenvalue weighted by Crippen LogP contribution is 2.17. The Morgan fingerprint density at radius 1 is 1.15 bits per heavy atom. The van der Waals surface area contributed by atoms with Crippen LogP contribution in [0.25, 0.3) is 0 Å². The van der Waals surface area contributed by atoms with Gasteiger partial charge in [-0.3, -0.25) is 9.00 Å². The summed E-state index contributed by atoms with van der Waals surface area (Å²) in [5, 5.41) is 8.84. The Morgan fingerprint density at radius 3 is 2.44 bits per heavy atom. The molecule has 0 saturated carbocycles. The van der Waals surface area contributed by atoms with E-state index in [2.05, 4.69) is 0 Å². The van der Waals surface area contributed by atoms with Gasteiger partial charge in [-0.2, -0.15) is 5.26 Å². The van der Waals surface area contributed by atoms with Crippen LogP contribution in [0.1, 0.15) is 22.3 Å². The third kappa shape index (κ3) is 5.50. The third-order valence-electron chi connectivity index (χ3n) is 3.84. The summed E-state index contributed by atoms with van der Waals surface area (Å²) in [6.45, 7) is 1.66. The molecule has 6 nitrogen and oxygen atoms in total. The van der Waals surface area contributed by atoms with Gasteiger partial charge in [0, 0.05) is 18.5 Å². The summed E-state index contributed by atoms with van der Waals surface area (Å²) in [5.74, 6) is -1.14. The van der Waals surface area contributed by atoms with Gasteiger partial charge in [0.1, 0.15) is 0 Å². The molecule has 1 amide bonds. The molecule has 7 heteroatoms. The van der Waals surface area contributed by atoms with Crippen molar-refractivity contribution in [2.45, 2.75) is 18.2 Å². The number of anilines is 1. The van der Waals surface area contributed by atoms with Crippen molar-refractivity contribution in [3.05, 3.63) is 59.7 Å². The van der Waals surface area contributed by atoms with Crippen molar-refractivity contribution in [3.8, 4) is 6.07 Å². The molecule has 0 aliphatic carbocycles. The van der Waals surface area contributed by atoms with Crippen LogP contribution in [0.5, 0.6) is 0 Å². The number of hydrogen-bond donors (Lipinski definition) is 0. The van der Waals surface area contributed by atoms with Gasteiger partial charge >= 0.3 is 5.97 Å². The molecule has 2 aromatic carbocycles. The molecule has 0 bridgehead atoms. The smallest absolute Gasteiger partial charge is 0.339 e. The average Bonchev–Trinajstić information content (AvgIpc) is 2.67. The van der Waals surface area contributed by atoms with Crippen molar-refractivity contribution in [3.63, 3.8) is 0 Å². The predicted octanol–water partition coefficient (Wildman–Crippen LogP) is 2.84. The molecule has 27 heavy (non-hydrogen) atoms. The van der Waals surface area contributed by atoms with E-state index in [9.17, 15) is 13.8 Å². The lowest BCUT2D eigenvalue weighted by molar-refractivity contribution is -0.121. The van der Waals surface area contributed by atoms with E-state index < -0.39 is 29.3 Å². The van der Waals surface area contributed by atoms with E-state index in [1.807, 2.05) is 25.1 Å². The van der Waals surface area contributed by atoms with Crippen molar-refractivity contribution < 1.29 is 18.5 Å². The molecule has 0 aliphatic rings. The summed E-state index contributed by atoms with van der Waals surface area (Å²) in [7, 11) is -1.35. The summed E-state index contributed by atoms with van der Waals surface area (Å²) in [6, 6.07) is 15.7. The second kappa shape index (κ2) is 9.64. The number of esters is 1. The highest BCUT2D eigenvalue weighted by atomic mass is 32.2. The van der Waals surface area contributed by atoms with Crippen LogP contribution in [0.2, 0.25) is 0 Å². The van der Waals surface area contributed by atoms with Gasteiger partial charge in [-0.1, -0.05) is 29.8 Å². The fraction of sp³-hybridized carbons (Fsp3) is 0.250. The molecule has 0 radical (unpaired) electrons. The second-order valence-corrected chi connectivity index (χ2v) is 7.16. The van der Waals surface area contributed by atoms with Crippen molar-refractivity contribution in [1.82, 2.24) is 0 Å². The van der Waals surface area contributed by atoms with Crippen LogP contribution in [-0.2, 0) is 20.3 Å². The second-order valence-electron chi connectivity index (χ2n) is 5.82. The van der Waals surface area contributed by atoms with E-state index in [4.69, 9.17) is 10.00 Å². The number of ether oxygens (including phenoxy) is 1. The highest BCUT2D eigenvalue weighted by molar-refractivity contribution is 7.84. The fourth-order valence-corrected chi connectivity index (χ4v) is 3.18.